The Kier molecular flexibility index (Phi) is 5.98. The Bertz CT molecular complexity index is 202. The van der Waals surface area contributed by atoms with Crippen molar-refractivity contribution >= 4 is 12.6 Å². The first kappa shape index (κ1) is 14.2. The van der Waals surface area contributed by atoms with Crippen LogP contribution in [0.2, 0.25) is 0 Å². The maximum Gasteiger partial charge on any atom is 0.186 e. The summed E-state index contributed by atoms with van der Waals surface area (Å²) in [5.41, 5.74) is 0. The van der Waals surface area contributed by atoms with E-state index in [0.717, 1.165) is 0 Å². The monoisotopic (exact) mass is 254 g/mol. The second kappa shape index (κ2) is 6.75. The molecule has 4 N–H and O–H groups in total. The van der Waals surface area contributed by atoms with E-state index in [1.165, 1.54) is 0 Å². The third-order valence-corrected chi connectivity index (χ3v) is 2.75. The van der Waals surface area contributed by atoms with Crippen LogP contribution in [0, 0.1) is 0 Å². The molecule has 0 saturated carbocycles. The number of hydrogen-bond acceptors (Lipinski definition) is 7. The number of ether oxygens (including phenoxy) is 2. The summed E-state index contributed by atoms with van der Waals surface area (Å²) in [5.74, 6) is 0.636. The number of thiol groups is 1. The molecule has 2 unspecified atom stereocenters. The van der Waals surface area contributed by atoms with E-state index in [9.17, 15) is 15.3 Å². The minimum Gasteiger partial charge on any atom is -0.394 e. The van der Waals surface area contributed by atoms with Crippen molar-refractivity contribution in [1.82, 2.24) is 0 Å². The minimum atomic E-state index is -1.38. The highest BCUT2D eigenvalue weighted by Crippen LogP contribution is 2.21. The zero-order valence-corrected chi connectivity index (χ0v) is 9.66. The standard InChI is InChI=1S/C9H18O6S/c10-4-5-6(11)7(12)8(13)9(15-5)14-2-1-3-16/h5-13,16H,1-4H2/t5?,6-,7?,8-,9-/m0/s1. The highest BCUT2D eigenvalue weighted by atomic mass is 32.1. The van der Waals surface area contributed by atoms with E-state index in [1.807, 2.05) is 0 Å². The molecule has 0 aromatic heterocycles. The van der Waals surface area contributed by atoms with Gasteiger partial charge in [-0.1, -0.05) is 0 Å². The Morgan fingerprint density at radius 2 is 1.81 bits per heavy atom. The van der Waals surface area contributed by atoms with Crippen LogP contribution < -0.4 is 0 Å². The van der Waals surface area contributed by atoms with Crippen LogP contribution in [0.3, 0.4) is 0 Å². The number of hydrogen-bond donors (Lipinski definition) is 5. The van der Waals surface area contributed by atoms with E-state index in [4.69, 9.17) is 14.6 Å². The van der Waals surface area contributed by atoms with E-state index >= 15 is 0 Å². The zero-order valence-electron chi connectivity index (χ0n) is 8.77. The molecule has 96 valence electrons. The summed E-state index contributed by atoms with van der Waals surface area (Å²) in [5, 5.41) is 37.4. The van der Waals surface area contributed by atoms with Crippen LogP contribution in [0.15, 0.2) is 0 Å². The zero-order chi connectivity index (χ0) is 12.1. The van der Waals surface area contributed by atoms with Crippen molar-refractivity contribution in [3.05, 3.63) is 0 Å². The predicted molar refractivity (Wildman–Crippen MR) is 58.2 cm³/mol. The van der Waals surface area contributed by atoms with Gasteiger partial charge in [-0.2, -0.15) is 12.6 Å². The lowest BCUT2D eigenvalue weighted by Crippen LogP contribution is -2.59. The molecular weight excluding hydrogens is 236 g/mol. The minimum absolute atomic E-state index is 0.326. The summed E-state index contributed by atoms with van der Waals surface area (Å²) in [4.78, 5) is 0. The van der Waals surface area contributed by atoms with Crippen molar-refractivity contribution in [3.8, 4) is 0 Å². The summed E-state index contributed by atoms with van der Waals surface area (Å²) in [6.07, 6.45) is -5.32. The molecule has 0 spiro atoms. The molecule has 1 fully saturated rings. The topological polar surface area (TPSA) is 99.4 Å². The second-order valence-corrected chi connectivity index (χ2v) is 4.09. The van der Waals surface area contributed by atoms with E-state index in [2.05, 4.69) is 12.6 Å². The van der Waals surface area contributed by atoms with Gasteiger partial charge >= 0.3 is 0 Å². The molecule has 1 rings (SSSR count). The lowest BCUT2D eigenvalue weighted by Gasteiger charge is -2.39. The summed E-state index contributed by atoms with van der Waals surface area (Å²) < 4.78 is 10.3. The van der Waals surface area contributed by atoms with Gasteiger partial charge in [0, 0.05) is 0 Å². The average Bonchev–Trinajstić information content (AvgIpc) is 2.29. The van der Waals surface area contributed by atoms with Gasteiger partial charge in [0.25, 0.3) is 0 Å². The molecule has 0 aliphatic carbocycles. The Morgan fingerprint density at radius 1 is 1.12 bits per heavy atom. The van der Waals surface area contributed by atoms with E-state index < -0.39 is 37.3 Å². The number of aliphatic hydroxyl groups is 4. The first-order valence-electron chi connectivity index (χ1n) is 5.14. The molecule has 0 amide bonds. The van der Waals surface area contributed by atoms with Gasteiger partial charge in [-0.25, -0.2) is 0 Å². The van der Waals surface area contributed by atoms with Crippen LogP contribution in [0.1, 0.15) is 6.42 Å². The van der Waals surface area contributed by atoms with Crippen LogP contribution in [0.25, 0.3) is 0 Å². The molecule has 1 aliphatic heterocycles. The SMILES string of the molecule is OCC1O[C@H](OCCCS)[C@@H](O)C(O)[C@H]1O. The van der Waals surface area contributed by atoms with Crippen molar-refractivity contribution in [2.24, 2.45) is 0 Å². The van der Waals surface area contributed by atoms with Crippen molar-refractivity contribution < 1.29 is 29.9 Å². The summed E-state index contributed by atoms with van der Waals surface area (Å²) in [6, 6.07) is 0. The highest BCUT2D eigenvalue weighted by Gasteiger charge is 2.43. The molecule has 1 saturated heterocycles. The van der Waals surface area contributed by atoms with E-state index in [1.54, 1.807) is 0 Å². The first-order valence-corrected chi connectivity index (χ1v) is 5.78. The van der Waals surface area contributed by atoms with E-state index in [0.29, 0.717) is 18.8 Å². The van der Waals surface area contributed by atoms with Crippen molar-refractivity contribution in [2.75, 3.05) is 19.0 Å². The maximum atomic E-state index is 9.56. The third kappa shape index (κ3) is 3.30. The fraction of sp³-hybridized carbons (Fsp3) is 1.00. The normalized spacial score (nSPS) is 39.9. The lowest BCUT2D eigenvalue weighted by molar-refractivity contribution is -0.300. The van der Waals surface area contributed by atoms with Gasteiger partial charge in [-0.15, -0.1) is 0 Å². The molecule has 16 heavy (non-hydrogen) atoms. The van der Waals surface area contributed by atoms with Crippen LogP contribution in [0.5, 0.6) is 0 Å². The third-order valence-electron chi connectivity index (χ3n) is 2.43. The molecule has 7 heteroatoms. The molecule has 0 bridgehead atoms. The molecule has 5 atom stereocenters. The fourth-order valence-electron chi connectivity index (χ4n) is 1.47. The molecule has 0 radical (unpaired) electrons. The quantitative estimate of drug-likeness (QED) is 0.291. The second-order valence-electron chi connectivity index (χ2n) is 3.65. The molecule has 6 nitrogen and oxygen atoms in total. The van der Waals surface area contributed by atoms with Gasteiger partial charge in [0.1, 0.15) is 24.4 Å². The Balaban J connectivity index is 2.50. The summed E-state index contributed by atoms with van der Waals surface area (Å²) in [7, 11) is 0. The lowest BCUT2D eigenvalue weighted by atomic mass is 9.99. The van der Waals surface area contributed by atoms with Crippen molar-refractivity contribution in [2.45, 2.75) is 37.1 Å². The van der Waals surface area contributed by atoms with Gasteiger partial charge in [0.05, 0.1) is 13.2 Å². The number of rotatable bonds is 5. The molecule has 1 heterocycles. The van der Waals surface area contributed by atoms with E-state index in [-0.39, 0.29) is 0 Å². The Hall–Kier alpha value is 0.110. The summed E-state index contributed by atoms with van der Waals surface area (Å²) >= 11 is 4.00. The van der Waals surface area contributed by atoms with Crippen LogP contribution in [0.4, 0.5) is 0 Å². The average molecular weight is 254 g/mol. The highest BCUT2D eigenvalue weighted by molar-refractivity contribution is 7.80. The first-order chi connectivity index (χ1) is 7.61. The van der Waals surface area contributed by atoms with Crippen LogP contribution >= 0.6 is 12.6 Å². The molecule has 0 aromatic rings. The number of aliphatic hydroxyl groups excluding tert-OH is 4. The molecule has 1 aliphatic rings. The van der Waals surface area contributed by atoms with Gasteiger partial charge in [0.15, 0.2) is 6.29 Å². The largest absolute Gasteiger partial charge is 0.394 e. The van der Waals surface area contributed by atoms with Gasteiger partial charge in [0.2, 0.25) is 0 Å². The Labute approximate surface area is 99.2 Å². The smallest absolute Gasteiger partial charge is 0.186 e. The maximum absolute atomic E-state index is 9.56. The van der Waals surface area contributed by atoms with Crippen molar-refractivity contribution in [3.63, 3.8) is 0 Å². The molecule has 0 aromatic carbocycles. The van der Waals surface area contributed by atoms with Crippen molar-refractivity contribution in [1.29, 1.82) is 0 Å². The van der Waals surface area contributed by atoms with Gasteiger partial charge < -0.3 is 29.9 Å². The van der Waals surface area contributed by atoms with Gasteiger partial charge in [-0.3, -0.25) is 0 Å². The fourth-order valence-corrected chi connectivity index (χ4v) is 1.60. The molecular formula is C9H18O6S. The van der Waals surface area contributed by atoms with Gasteiger partial charge in [-0.05, 0) is 12.2 Å². The van der Waals surface area contributed by atoms with Crippen LogP contribution in [-0.2, 0) is 9.47 Å². The van der Waals surface area contributed by atoms with Crippen LogP contribution in [-0.4, -0.2) is 70.1 Å². The Morgan fingerprint density at radius 3 is 2.38 bits per heavy atom. The predicted octanol–water partition coefficient (Wildman–Crippen LogP) is -1.88. The summed E-state index contributed by atoms with van der Waals surface area (Å²) in [6.45, 7) is -0.121.